The summed E-state index contributed by atoms with van der Waals surface area (Å²) in [6.45, 7) is 0. The van der Waals surface area contributed by atoms with Crippen LogP contribution in [0.25, 0.3) is 0 Å². The monoisotopic (exact) mass is 98.9 g/mol. The molecule has 0 aromatic rings. The summed E-state index contributed by atoms with van der Waals surface area (Å²) in [7, 11) is -0.500. The third-order valence-corrected chi connectivity index (χ3v) is 0. The zero-order chi connectivity index (χ0) is 2.71. The second-order valence-electron chi connectivity index (χ2n) is 0.0962. The first-order chi connectivity index (χ1) is 1.41. The third-order valence-electron chi connectivity index (χ3n) is 0. The van der Waals surface area contributed by atoms with Gasteiger partial charge in [-0.05, 0) is 0 Å². The van der Waals surface area contributed by atoms with Crippen molar-refractivity contribution in [2.24, 2.45) is 0 Å². The normalized spacial score (nSPS) is 3.50. The fraction of sp³-hybridized carbons (Fsp3) is 0. The SMILES string of the molecule is [Fe+2].[O-][B][O-]. The molecule has 0 aliphatic carbocycles. The Hall–Kier alpha value is 0.504. The number of hydrogen-bond acceptors (Lipinski definition) is 2. The van der Waals surface area contributed by atoms with Crippen LogP contribution < -0.4 is 10.0 Å². The Morgan fingerprint density at radius 2 is 1.25 bits per heavy atom. The molecular formula is BFeO2. The Morgan fingerprint density at radius 1 is 1.25 bits per heavy atom. The molecule has 0 aromatic heterocycles. The van der Waals surface area contributed by atoms with Gasteiger partial charge in [-0.2, -0.15) is 0 Å². The van der Waals surface area contributed by atoms with E-state index in [0.717, 1.165) is 0 Å². The van der Waals surface area contributed by atoms with E-state index in [4.69, 9.17) is 10.0 Å². The van der Waals surface area contributed by atoms with E-state index in [9.17, 15) is 0 Å². The molecule has 0 fully saturated rings. The van der Waals surface area contributed by atoms with Gasteiger partial charge in [0.15, 0.2) is 0 Å². The molecule has 0 atom stereocenters. The van der Waals surface area contributed by atoms with Crippen LogP contribution in [0, 0.1) is 0 Å². The molecule has 1 radical (unpaired) electrons. The van der Waals surface area contributed by atoms with E-state index >= 15 is 0 Å². The van der Waals surface area contributed by atoms with Gasteiger partial charge in [0.1, 0.15) is 0 Å². The molecule has 0 saturated carbocycles. The van der Waals surface area contributed by atoms with Crippen LogP contribution in [-0.2, 0) is 17.1 Å². The summed E-state index contributed by atoms with van der Waals surface area (Å²) in [5.41, 5.74) is 0. The molecule has 0 spiro atoms. The van der Waals surface area contributed by atoms with Gasteiger partial charge in [0.05, 0.1) is 0 Å². The summed E-state index contributed by atoms with van der Waals surface area (Å²) in [4.78, 5) is 0. The van der Waals surface area contributed by atoms with E-state index in [1.165, 1.54) is 0 Å². The maximum absolute atomic E-state index is 8.25. The van der Waals surface area contributed by atoms with Crippen molar-refractivity contribution >= 4 is 7.69 Å². The first-order valence-electron chi connectivity index (χ1n) is 0.471. The topological polar surface area (TPSA) is 46.1 Å². The quantitative estimate of drug-likeness (QED) is 0.308. The zero-order valence-corrected chi connectivity index (χ0v) is 2.85. The minimum atomic E-state index is -0.500. The maximum atomic E-state index is 8.25. The molecule has 0 aromatic carbocycles. The first-order valence-corrected chi connectivity index (χ1v) is 0.471. The predicted molar refractivity (Wildman–Crippen MR) is 5.75 cm³/mol. The first kappa shape index (κ1) is 8.82. The Labute approximate surface area is 35.6 Å². The standard InChI is InChI=1S/BO2.Fe/c2-1-3;/q-2;+2. The van der Waals surface area contributed by atoms with E-state index in [0.29, 0.717) is 0 Å². The van der Waals surface area contributed by atoms with Crippen molar-refractivity contribution in [2.75, 3.05) is 0 Å². The van der Waals surface area contributed by atoms with Crippen molar-refractivity contribution in [3.05, 3.63) is 0 Å². The molecule has 0 heterocycles. The molecule has 0 rings (SSSR count). The van der Waals surface area contributed by atoms with Crippen LogP contribution in [0.3, 0.4) is 0 Å². The third kappa shape index (κ3) is 22.3. The molecule has 0 aliphatic rings. The fourth-order valence-corrected chi connectivity index (χ4v) is 0. The van der Waals surface area contributed by atoms with Gasteiger partial charge in [0.2, 0.25) is 0 Å². The summed E-state index contributed by atoms with van der Waals surface area (Å²) < 4.78 is 0. The molecule has 4 heteroatoms. The molecular weight excluding hydrogens is 98.7 g/mol. The second-order valence-corrected chi connectivity index (χ2v) is 0.0962. The minimum Gasteiger partial charge on any atom is -0.900 e. The Morgan fingerprint density at radius 3 is 1.25 bits per heavy atom. The Bertz CT molecular complexity index is 6.00. The number of rotatable bonds is 0. The van der Waals surface area contributed by atoms with Crippen molar-refractivity contribution in [1.29, 1.82) is 0 Å². The van der Waals surface area contributed by atoms with Gasteiger partial charge in [-0.1, -0.05) is 0 Å². The Kier molecular flexibility index (Phi) is 21.4. The molecule has 0 bridgehead atoms. The van der Waals surface area contributed by atoms with Crippen molar-refractivity contribution in [1.82, 2.24) is 0 Å². The largest absolute Gasteiger partial charge is 2.00 e. The maximum Gasteiger partial charge on any atom is 2.00 e. The predicted octanol–water partition coefficient (Wildman–Crippen LogP) is -2.76. The van der Waals surface area contributed by atoms with Crippen molar-refractivity contribution in [3.63, 3.8) is 0 Å². The molecule has 0 unspecified atom stereocenters. The zero-order valence-electron chi connectivity index (χ0n) is 1.75. The van der Waals surface area contributed by atoms with Crippen molar-refractivity contribution in [2.45, 2.75) is 0 Å². The van der Waals surface area contributed by atoms with Crippen LogP contribution in [0.4, 0.5) is 0 Å². The molecule has 23 valence electrons. The molecule has 4 heavy (non-hydrogen) atoms. The van der Waals surface area contributed by atoms with Gasteiger partial charge in [-0.25, -0.2) is 7.69 Å². The van der Waals surface area contributed by atoms with Crippen molar-refractivity contribution in [3.8, 4) is 0 Å². The van der Waals surface area contributed by atoms with Gasteiger partial charge in [-0.15, -0.1) is 0 Å². The average molecular weight is 98.7 g/mol. The smallest absolute Gasteiger partial charge is 0.900 e. The van der Waals surface area contributed by atoms with Gasteiger partial charge in [-0.3, -0.25) is 0 Å². The van der Waals surface area contributed by atoms with Crippen LogP contribution in [0.15, 0.2) is 0 Å². The van der Waals surface area contributed by atoms with Crippen LogP contribution in [-0.4, -0.2) is 7.69 Å². The fourth-order valence-electron chi connectivity index (χ4n) is 0. The minimum absolute atomic E-state index is 0. The summed E-state index contributed by atoms with van der Waals surface area (Å²) in [5.74, 6) is 0. The van der Waals surface area contributed by atoms with Crippen molar-refractivity contribution < 1.29 is 27.1 Å². The summed E-state index contributed by atoms with van der Waals surface area (Å²) in [5, 5.41) is 16.5. The molecule has 0 N–H and O–H groups in total. The van der Waals surface area contributed by atoms with E-state index in [2.05, 4.69) is 0 Å². The average Bonchev–Trinajstić information content (AvgIpc) is 0.918. The van der Waals surface area contributed by atoms with E-state index < -0.39 is 7.69 Å². The van der Waals surface area contributed by atoms with Gasteiger partial charge >= 0.3 is 17.1 Å². The van der Waals surface area contributed by atoms with E-state index in [1.54, 1.807) is 0 Å². The molecule has 0 saturated heterocycles. The van der Waals surface area contributed by atoms with Gasteiger partial charge in [0, 0.05) is 0 Å². The molecule has 0 amide bonds. The Balaban J connectivity index is 0. The van der Waals surface area contributed by atoms with Gasteiger partial charge in [0.25, 0.3) is 0 Å². The van der Waals surface area contributed by atoms with E-state index in [-0.39, 0.29) is 17.1 Å². The van der Waals surface area contributed by atoms with Gasteiger partial charge < -0.3 is 10.0 Å². The molecule has 0 aliphatic heterocycles. The van der Waals surface area contributed by atoms with Crippen LogP contribution in [0.5, 0.6) is 0 Å². The number of hydrogen-bond donors (Lipinski definition) is 0. The summed E-state index contributed by atoms with van der Waals surface area (Å²) in [6, 6.07) is 0. The summed E-state index contributed by atoms with van der Waals surface area (Å²) in [6.07, 6.45) is 0. The second kappa shape index (κ2) is 9.71. The van der Waals surface area contributed by atoms with Crippen LogP contribution in [0.1, 0.15) is 0 Å². The summed E-state index contributed by atoms with van der Waals surface area (Å²) >= 11 is 0. The van der Waals surface area contributed by atoms with E-state index in [1.807, 2.05) is 0 Å². The van der Waals surface area contributed by atoms with Crippen LogP contribution in [0.2, 0.25) is 0 Å². The van der Waals surface area contributed by atoms with Crippen LogP contribution >= 0.6 is 0 Å². The molecule has 2 nitrogen and oxygen atoms in total.